The van der Waals surface area contributed by atoms with Crippen molar-refractivity contribution in [3.63, 3.8) is 0 Å². The molecule has 0 unspecified atom stereocenters. The maximum absolute atomic E-state index is 11.1. The standard InChI is InChI=1S/C24H22Cl3NO4/c1-3-31-22-11-16(12-28-21-7-5-17(24(29)30)8-14(21)2)10-20(27)23(22)32-13-15-4-6-18(25)19(26)9-15/h4-11,28H,3,12-13H2,1-2H3,(H,29,30). The van der Waals surface area contributed by atoms with Gasteiger partial charge in [-0.25, -0.2) is 4.79 Å². The molecule has 3 aromatic rings. The SMILES string of the molecule is CCOc1cc(CNc2ccc(C(=O)O)cc2C)cc(Cl)c1OCc1ccc(Cl)c(Cl)c1. The average molecular weight is 495 g/mol. The number of hydrogen-bond donors (Lipinski definition) is 2. The highest BCUT2D eigenvalue weighted by atomic mass is 35.5. The quantitative estimate of drug-likeness (QED) is 0.328. The predicted octanol–water partition coefficient (Wildman–Crippen LogP) is 7.24. The lowest BCUT2D eigenvalue weighted by atomic mass is 10.1. The van der Waals surface area contributed by atoms with Gasteiger partial charge in [0.1, 0.15) is 6.61 Å². The monoisotopic (exact) mass is 493 g/mol. The molecule has 0 radical (unpaired) electrons. The number of ether oxygens (including phenoxy) is 2. The van der Waals surface area contributed by atoms with Crippen molar-refractivity contribution in [2.75, 3.05) is 11.9 Å². The van der Waals surface area contributed by atoms with E-state index in [4.69, 9.17) is 49.4 Å². The third-order valence-electron chi connectivity index (χ3n) is 4.69. The maximum Gasteiger partial charge on any atom is 0.335 e. The number of carboxylic acids is 1. The Hall–Kier alpha value is -2.60. The summed E-state index contributed by atoms with van der Waals surface area (Å²) in [5, 5.41) is 13.8. The van der Waals surface area contributed by atoms with Gasteiger partial charge >= 0.3 is 5.97 Å². The van der Waals surface area contributed by atoms with Crippen LogP contribution in [0.15, 0.2) is 48.5 Å². The van der Waals surface area contributed by atoms with Crippen LogP contribution in [0, 0.1) is 6.92 Å². The number of nitrogens with one attached hydrogen (secondary N) is 1. The molecule has 0 spiro atoms. The van der Waals surface area contributed by atoms with Gasteiger partial charge in [-0.1, -0.05) is 40.9 Å². The van der Waals surface area contributed by atoms with E-state index in [0.717, 1.165) is 22.4 Å². The Morgan fingerprint density at radius 2 is 1.69 bits per heavy atom. The van der Waals surface area contributed by atoms with Crippen LogP contribution in [0.1, 0.15) is 34.0 Å². The Kier molecular flexibility index (Phi) is 8.13. The van der Waals surface area contributed by atoms with E-state index in [1.54, 1.807) is 30.3 Å². The van der Waals surface area contributed by atoms with Gasteiger partial charge in [0.25, 0.3) is 0 Å². The molecule has 32 heavy (non-hydrogen) atoms. The van der Waals surface area contributed by atoms with Gasteiger partial charge < -0.3 is 19.9 Å². The van der Waals surface area contributed by atoms with Crippen LogP contribution in [-0.2, 0) is 13.2 Å². The first kappa shape index (κ1) is 24.1. The highest BCUT2D eigenvalue weighted by Gasteiger charge is 2.14. The first-order chi connectivity index (χ1) is 15.3. The summed E-state index contributed by atoms with van der Waals surface area (Å²) in [6, 6.07) is 13.9. The number of hydrogen-bond acceptors (Lipinski definition) is 4. The van der Waals surface area contributed by atoms with Crippen molar-refractivity contribution in [2.24, 2.45) is 0 Å². The summed E-state index contributed by atoms with van der Waals surface area (Å²) in [6.07, 6.45) is 0. The summed E-state index contributed by atoms with van der Waals surface area (Å²) >= 11 is 18.6. The van der Waals surface area contributed by atoms with Crippen molar-refractivity contribution >= 4 is 46.5 Å². The molecule has 0 aliphatic heterocycles. The van der Waals surface area contributed by atoms with Crippen molar-refractivity contribution < 1.29 is 19.4 Å². The second kappa shape index (κ2) is 10.8. The summed E-state index contributed by atoms with van der Waals surface area (Å²) in [6.45, 7) is 4.91. The normalized spacial score (nSPS) is 10.7. The zero-order valence-electron chi connectivity index (χ0n) is 17.5. The van der Waals surface area contributed by atoms with E-state index in [1.807, 2.05) is 32.0 Å². The molecule has 3 aromatic carbocycles. The van der Waals surface area contributed by atoms with Gasteiger partial charge in [0, 0.05) is 12.2 Å². The Labute approximate surface area is 201 Å². The van der Waals surface area contributed by atoms with Crippen LogP contribution < -0.4 is 14.8 Å². The minimum Gasteiger partial charge on any atom is -0.490 e. The molecule has 0 atom stereocenters. The van der Waals surface area contributed by atoms with E-state index >= 15 is 0 Å². The summed E-state index contributed by atoms with van der Waals surface area (Å²) in [5.41, 5.74) is 3.66. The van der Waals surface area contributed by atoms with Crippen LogP contribution in [0.4, 0.5) is 5.69 Å². The number of rotatable bonds is 9. The summed E-state index contributed by atoms with van der Waals surface area (Å²) in [5.74, 6) is 0.0318. The largest absolute Gasteiger partial charge is 0.490 e. The number of halogens is 3. The Morgan fingerprint density at radius 1 is 0.938 bits per heavy atom. The number of carbonyl (C=O) groups is 1. The van der Waals surface area contributed by atoms with Gasteiger partial charge in [-0.05, 0) is 73.0 Å². The number of aryl methyl sites for hydroxylation is 1. The molecule has 2 N–H and O–H groups in total. The predicted molar refractivity (Wildman–Crippen MR) is 129 cm³/mol. The topological polar surface area (TPSA) is 67.8 Å². The van der Waals surface area contributed by atoms with Crippen LogP contribution in [0.5, 0.6) is 11.5 Å². The van der Waals surface area contributed by atoms with E-state index in [-0.39, 0.29) is 12.2 Å². The molecule has 0 amide bonds. The molecule has 0 fully saturated rings. The molecule has 0 bridgehead atoms. The third kappa shape index (κ3) is 6.00. The van der Waals surface area contributed by atoms with E-state index in [0.29, 0.717) is 39.7 Å². The lowest BCUT2D eigenvalue weighted by Gasteiger charge is -2.16. The smallest absolute Gasteiger partial charge is 0.335 e. The van der Waals surface area contributed by atoms with Gasteiger partial charge in [-0.15, -0.1) is 0 Å². The summed E-state index contributed by atoms with van der Waals surface area (Å²) < 4.78 is 11.7. The highest BCUT2D eigenvalue weighted by molar-refractivity contribution is 6.42. The van der Waals surface area contributed by atoms with E-state index in [2.05, 4.69) is 5.32 Å². The minimum absolute atomic E-state index is 0.248. The minimum atomic E-state index is -0.954. The fourth-order valence-corrected chi connectivity index (χ4v) is 3.71. The zero-order chi connectivity index (χ0) is 23.3. The molecule has 0 aliphatic rings. The van der Waals surface area contributed by atoms with Crippen molar-refractivity contribution in [1.29, 1.82) is 0 Å². The maximum atomic E-state index is 11.1. The van der Waals surface area contributed by atoms with E-state index < -0.39 is 5.97 Å². The molecule has 0 aliphatic carbocycles. The molecular weight excluding hydrogens is 473 g/mol. The fourth-order valence-electron chi connectivity index (χ4n) is 3.10. The average Bonchev–Trinajstić information content (AvgIpc) is 2.74. The zero-order valence-corrected chi connectivity index (χ0v) is 19.8. The Morgan fingerprint density at radius 3 is 2.34 bits per heavy atom. The van der Waals surface area contributed by atoms with Crippen LogP contribution in [-0.4, -0.2) is 17.7 Å². The Bertz CT molecular complexity index is 1130. The van der Waals surface area contributed by atoms with Crippen LogP contribution in [0.2, 0.25) is 15.1 Å². The van der Waals surface area contributed by atoms with E-state index in [1.165, 1.54) is 0 Å². The second-order valence-electron chi connectivity index (χ2n) is 7.06. The van der Waals surface area contributed by atoms with Crippen molar-refractivity contribution in [2.45, 2.75) is 27.0 Å². The van der Waals surface area contributed by atoms with Crippen LogP contribution in [0.25, 0.3) is 0 Å². The van der Waals surface area contributed by atoms with Crippen molar-refractivity contribution in [3.05, 3.63) is 85.9 Å². The van der Waals surface area contributed by atoms with Gasteiger partial charge in [-0.2, -0.15) is 0 Å². The first-order valence-corrected chi connectivity index (χ1v) is 11.0. The van der Waals surface area contributed by atoms with Crippen molar-refractivity contribution in [1.82, 2.24) is 0 Å². The number of carboxylic acid groups (broad SMARTS) is 1. The Balaban J connectivity index is 1.76. The molecule has 0 saturated carbocycles. The third-order valence-corrected chi connectivity index (χ3v) is 5.71. The molecule has 0 heterocycles. The van der Waals surface area contributed by atoms with E-state index in [9.17, 15) is 4.79 Å². The molecule has 0 saturated heterocycles. The number of aromatic carboxylic acids is 1. The molecule has 8 heteroatoms. The summed E-state index contributed by atoms with van der Waals surface area (Å²) in [7, 11) is 0. The van der Waals surface area contributed by atoms with Gasteiger partial charge in [0.05, 0.1) is 27.2 Å². The lowest BCUT2D eigenvalue weighted by molar-refractivity contribution is 0.0697. The molecule has 5 nitrogen and oxygen atoms in total. The van der Waals surface area contributed by atoms with Crippen molar-refractivity contribution in [3.8, 4) is 11.5 Å². The lowest BCUT2D eigenvalue weighted by Crippen LogP contribution is -2.05. The van der Waals surface area contributed by atoms with Crippen LogP contribution >= 0.6 is 34.8 Å². The van der Waals surface area contributed by atoms with Gasteiger partial charge in [0.2, 0.25) is 0 Å². The van der Waals surface area contributed by atoms with Gasteiger partial charge in [-0.3, -0.25) is 0 Å². The summed E-state index contributed by atoms with van der Waals surface area (Å²) in [4.78, 5) is 11.1. The van der Waals surface area contributed by atoms with Crippen LogP contribution in [0.3, 0.4) is 0 Å². The molecular formula is C24H22Cl3NO4. The molecule has 3 rings (SSSR count). The number of benzene rings is 3. The fraction of sp³-hybridized carbons (Fsp3) is 0.208. The number of anilines is 1. The molecule has 168 valence electrons. The second-order valence-corrected chi connectivity index (χ2v) is 8.29. The highest BCUT2D eigenvalue weighted by Crippen LogP contribution is 2.38. The first-order valence-electron chi connectivity index (χ1n) is 9.88. The molecule has 0 aromatic heterocycles. The van der Waals surface area contributed by atoms with Gasteiger partial charge in [0.15, 0.2) is 11.5 Å².